The molecule has 2 aromatic carbocycles. The Balaban J connectivity index is 2.14. The molecule has 0 amide bonds. The molecule has 0 radical (unpaired) electrons. The van der Waals surface area contributed by atoms with Gasteiger partial charge in [0.25, 0.3) is 0 Å². The number of hydrogen-bond donors (Lipinski definition) is 1. The molecular formula is C19H21FO3. The van der Waals surface area contributed by atoms with E-state index in [2.05, 4.69) is 20.8 Å². The summed E-state index contributed by atoms with van der Waals surface area (Å²) >= 11 is 0. The summed E-state index contributed by atoms with van der Waals surface area (Å²) in [7, 11) is 0. The van der Waals surface area contributed by atoms with Gasteiger partial charge in [-0.2, -0.15) is 0 Å². The number of ether oxygens (including phenoxy) is 1. The normalized spacial score (nSPS) is 12.7. The molecule has 2 aromatic rings. The Labute approximate surface area is 135 Å². The van der Waals surface area contributed by atoms with Gasteiger partial charge >= 0.3 is 5.97 Å². The molecule has 4 heteroatoms. The van der Waals surface area contributed by atoms with Gasteiger partial charge in [0.05, 0.1) is 0 Å². The molecule has 122 valence electrons. The molecule has 0 fully saturated rings. The van der Waals surface area contributed by atoms with Crippen LogP contribution in [-0.4, -0.2) is 17.2 Å². The first-order chi connectivity index (χ1) is 10.8. The van der Waals surface area contributed by atoms with Crippen LogP contribution in [0.25, 0.3) is 0 Å². The average molecular weight is 316 g/mol. The van der Waals surface area contributed by atoms with E-state index in [-0.39, 0.29) is 11.8 Å². The number of carboxylic acid groups (broad SMARTS) is 1. The summed E-state index contributed by atoms with van der Waals surface area (Å²) in [6.45, 7) is 6.29. The van der Waals surface area contributed by atoms with E-state index in [0.717, 1.165) is 5.56 Å². The topological polar surface area (TPSA) is 46.5 Å². The minimum atomic E-state index is -1.13. The lowest BCUT2D eigenvalue weighted by molar-refractivity contribution is -0.145. The standard InChI is InChI=1S/C19H21FO3/c1-19(2,3)14-8-10-15(11-9-14)23-17(18(21)22)12-13-6-4-5-7-16(13)20/h4-11,17H,12H2,1-3H3,(H,21,22). The first-order valence-electron chi connectivity index (χ1n) is 7.51. The molecule has 0 aliphatic rings. The van der Waals surface area contributed by atoms with Gasteiger partial charge in [0.1, 0.15) is 11.6 Å². The number of carboxylic acids is 1. The molecule has 0 saturated carbocycles. The van der Waals surface area contributed by atoms with Gasteiger partial charge in [0, 0.05) is 6.42 Å². The van der Waals surface area contributed by atoms with Crippen molar-refractivity contribution in [3.05, 3.63) is 65.5 Å². The van der Waals surface area contributed by atoms with Crippen LogP contribution in [-0.2, 0) is 16.6 Å². The van der Waals surface area contributed by atoms with Gasteiger partial charge in [-0.15, -0.1) is 0 Å². The number of carbonyl (C=O) groups is 1. The van der Waals surface area contributed by atoms with Crippen LogP contribution in [0.3, 0.4) is 0 Å². The molecule has 0 bridgehead atoms. The number of halogens is 1. The molecule has 0 saturated heterocycles. The summed E-state index contributed by atoms with van der Waals surface area (Å²) in [5.41, 5.74) is 1.47. The van der Waals surface area contributed by atoms with E-state index in [4.69, 9.17) is 4.74 Å². The van der Waals surface area contributed by atoms with Crippen molar-refractivity contribution in [2.75, 3.05) is 0 Å². The van der Waals surface area contributed by atoms with Gasteiger partial charge in [0.15, 0.2) is 6.10 Å². The third-order valence-corrected chi connectivity index (χ3v) is 3.64. The highest BCUT2D eigenvalue weighted by Gasteiger charge is 2.22. The molecule has 1 atom stereocenters. The molecule has 0 heterocycles. The lowest BCUT2D eigenvalue weighted by Crippen LogP contribution is -2.29. The second kappa shape index (κ2) is 6.82. The van der Waals surface area contributed by atoms with E-state index in [1.54, 1.807) is 30.3 Å². The predicted molar refractivity (Wildman–Crippen MR) is 87.3 cm³/mol. The van der Waals surface area contributed by atoms with Crippen LogP contribution >= 0.6 is 0 Å². The van der Waals surface area contributed by atoms with E-state index < -0.39 is 17.9 Å². The summed E-state index contributed by atoms with van der Waals surface area (Å²) in [6, 6.07) is 13.4. The minimum absolute atomic E-state index is 0.0118. The highest BCUT2D eigenvalue weighted by atomic mass is 19.1. The van der Waals surface area contributed by atoms with Gasteiger partial charge in [-0.3, -0.25) is 0 Å². The Bertz CT molecular complexity index is 672. The monoisotopic (exact) mass is 316 g/mol. The zero-order valence-corrected chi connectivity index (χ0v) is 13.5. The molecule has 0 aliphatic heterocycles. The van der Waals surface area contributed by atoms with Crippen LogP contribution in [0.15, 0.2) is 48.5 Å². The van der Waals surface area contributed by atoms with Crippen molar-refractivity contribution < 1.29 is 19.0 Å². The van der Waals surface area contributed by atoms with Crippen molar-refractivity contribution in [1.29, 1.82) is 0 Å². The van der Waals surface area contributed by atoms with Crippen LogP contribution in [0.4, 0.5) is 4.39 Å². The molecule has 23 heavy (non-hydrogen) atoms. The maximum absolute atomic E-state index is 13.7. The Kier molecular flexibility index (Phi) is 5.04. The van der Waals surface area contributed by atoms with Crippen LogP contribution in [0.5, 0.6) is 5.75 Å². The maximum atomic E-state index is 13.7. The molecular weight excluding hydrogens is 295 g/mol. The quantitative estimate of drug-likeness (QED) is 0.899. The second-order valence-corrected chi connectivity index (χ2v) is 6.51. The van der Waals surface area contributed by atoms with Gasteiger partial charge in [-0.25, -0.2) is 9.18 Å². The number of rotatable bonds is 5. The second-order valence-electron chi connectivity index (χ2n) is 6.51. The smallest absolute Gasteiger partial charge is 0.345 e. The predicted octanol–water partition coefficient (Wildman–Crippen LogP) is 4.20. The third-order valence-electron chi connectivity index (χ3n) is 3.64. The highest BCUT2D eigenvalue weighted by molar-refractivity contribution is 5.73. The summed E-state index contributed by atoms with van der Waals surface area (Å²) in [6.07, 6.45) is -1.16. The fourth-order valence-electron chi connectivity index (χ4n) is 2.24. The van der Waals surface area contributed by atoms with E-state index in [1.165, 1.54) is 6.07 Å². The average Bonchev–Trinajstić information content (AvgIpc) is 2.48. The SMILES string of the molecule is CC(C)(C)c1ccc(OC(Cc2ccccc2F)C(=O)O)cc1. The summed E-state index contributed by atoms with van der Waals surface area (Å²) < 4.78 is 19.2. The van der Waals surface area contributed by atoms with Gasteiger partial charge in [0.2, 0.25) is 0 Å². The Morgan fingerprint density at radius 3 is 2.26 bits per heavy atom. The van der Waals surface area contributed by atoms with Crippen molar-refractivity contribution in [2.45, 2.75) is 38.7 Å². The first kappa shape index (κ1) is 17.0. The molecule has 1 N–H and O–H groups in total. The molecule has 2 rings (SSSR count). The largest absolute Gasteiger partial charge is 0.478 e. The Morgan fingerprint density at radius 1 is 1.13 bits per heavy atom. The number of benzene rings is 2. The lowest BCUT2D eigenvalue weighted by Gasteiger charge is -2.20. The lowest BCUT2D eigenvalue weighted by atomic mass is 9.87. The molecule has 0 aromatic heterocycles. The molecule has 0 spiro atoms. The fraction of sp³-hybridized carbons (Fsp3) is 0.316. The number of aliphatic carboxylic acids is 1. The van der Waals surface area contributed by atoms with Crippen LogP contribution < -0.4 is 4.74 Å². The van der Waals surface area contributed by atoms with Crippen LogP contribution in [0.2, 0.25) is 0 Å². The first-order valence-corrected chi connectivity index (χ1v) is 7.51. The van der Waals surface area contributed by atoms with Crippen molar-refractivity contribution in [3.8, 4) is 5.75 Å². The van der Waals surface area contributed by atoms with Gasteiger partial charge in [-0.1, -0.05) is 51.1 Å². The summed E-state index contributed by atoms with van der Waals surface area (Å²) in [5.74, 6) is -1.08. The minimum Gasteiger partial charge on any atom is -0.478 e. The van der Waals surface area contributed by atoms with Crippen LogP contribution in [0, 0.1) is 5.82 Å². The third kappa shape index (κ3) is 4.55. The fourth-order valence-corrected chi connectivity index (χ4v) is 2.24. The van der Waals surface area contributed by atoms with E-state index in [9.17, 15) is 14.3 Å². The van der Waals surface area contributed by atoms with E-state index in [0.29, 0.717) is 11.3 Å². The highest BCUT2D eigenvalue weighted by Crippen LogP contribution is 2.25. The van der Waals surface area contributed by atoms with Crippen molar-refractivity contribution >= 4 is 5.97 Å². The van der Waals surface area contributed by atoms with Crippen LogP contribution in [0.1, 0.15) is 31.9 Å². The summed E-state index contributed by atoms with van der Waals surface area (Å²) in [4.78, 5) is 11.4. The Morgan fingerprint density at radius 2 is 1.74 bits per heavy atom. The van der Waals surface area contributed by atoms with Gasteiger partial charge < -0.3 is 9.84 Å². The van der Waals surface area contributed by atoms with E-state index in [1.807, 2.05) is 12.1 Å². The van der Waals surface area contributed by atoms with Crippen molar-refractivity contribution in [3.63, 3.8) is 0 Å². The molecule has 1 unspecified atom stereocenters. The Hall–Kier alpha value is -2.36. The van der Waals surface area contributed by atoms with Gasteiger partial charge in [-0.05, 0) is 34.7 Å². The zero-order valence-electron chi connectivity index (χ0n) is 13.5. The maximum Gasteiger partial charge on any atom is 0.345 e. The zero-order chi connectivity index (χ0) is 17.0. The molecule has 3 nitrogen and oxygen atoms in total. The molecule has 0 aliphatic carbocycles. The van der Waals surface area contributed by atoms with Crippen molar-refractivity contribution in [2.24, 2.45) is 0 Å². The van der Waals surface area contributed by atoms with Crippen molar-refractivity contribution in [1.82, 2.24) is 0 Å². The van der Waals surface area contributed by atoms with E-state index >= 15 is 0 Å². The summed E-state index contributed by atoms with van der Waals surface area (Å²) in [5, 5.41) is 9.32. The number of hydrogen-bond acceptors (Lipinski definition) is 2.